The van der Waals surface area contributed by atoms with Crippen LogP contribution in [-0.4, -0.2) is 47.8 Å². The second-order valence-corrected chi connectivity index (χ2v) is 7.34. The number of methoxy groups -OCH3 is 1. The van der Waals surface area contributed by atoms with Crippen molar-refractivity contribution in [3.05, 3.63) is 78.1 Å². The van der Waals surface area contributed by atoms with Crippen LogP contribution < -0.4 is 9.47 Å². The Hall–Kier alpha value is -3.62. The number of amides is 1. The van der Waals surface area contributed by atoms with E-state index in [2.05, 4.69) is 16.6 Å². The van der Waals surface area contributed by atoms with E-state index in [1.807, 2.05) is 6.92 Å². The summed E-state index contributed by atoms with van der Waals surface area (Å²) in [7, 11) is 1.54. The summed E-state index contributed by atoms with van der Waals surface area (Å²) in [6.07, 6.45) is 1.11. The van der Waals surface area contributed by atoms with Gasteiger partial charge in [-0.2, -0.15) is 13.2 Å². The predicted octanol–water partition coefficient (Wildman–Crippen LogP) is 5.55. The quantitative estimate of drug-likeness (QED) is 0.334. The Kier molecular flexibility index (Phi) is 9.41. The summed E-state index contributed by atoms with van der Waals surface area (Å²) in [4.78, 5) is 23.1. The summed E-state index contributed by atoms with van der Waals surface area (Å²) in [5, 5.41) is 0. The summed E-state index contributed by atoms with van der Waals surface area (Å²) in [5.74, 6) is 0.394. The molecule has 0 bridgehead atoms. The van der Waals surface area contributed by atoms with Crippen LogP contribution in [0.15, 0.2) is 66.5 Å². The van der Waals surface area contributed by atoms with E-state index in [1.165, 1.54) is 7.11 Å². The fourth-order valence-corrected chi connectivity index (χ4v) is 3.16. The first-order chi connectivity index (χ1) is 16.1. The number of carbonyl (C=O) groups is 1. The number of hydrogen-bond donors (Lipinski definition) is 0. The smallest absolute Gasteiger partial charge is 0.417 e. The number of pyridine rings is 1. The molecule has 0 spiro atoms. The van der Waals surface area contributed by atoms with Gasteiger partial charge in [0, 0.05) is 41.8 Å². The molecule has 9 heteroatoms. The Balaban J connectivity index is 2.23. The summed E-state index contributed by atoms with van der Waals surface area (Å²) < 4.78 is 49.0. The first-order valence-electron chi connectivity index (χ1n) is 10.6. The summed E-state index contributed by atoms with van der Waals surface area (Å²) >= 11 is 0. The second kappa shape index (κ2) is 12.0. The van der Waals surface area contributed by atoms with Crippen molar-refractivity contribution < 1.29 is 27.4 Å². The number of halogens is 3. The minimum Gasteiger partial charge on any atom is -0.497 e. The van der Waals surface area contributed by atoms with E-state index in [-0.39, 0.29) is 24.4 Å². The highest BCUT2D eigenvalue weighted by molar-refractivity contribution is 6.10. The third-order valence-corrected chi connectivity index (χ3v) is 5.01. The number of allylic oxidation sites excluding steroid dienone is 2. The van der Waals surface area contributed by atoms with Gasteiger partial charge >= 0.3 is 6.18 Å². The fourth-order valence-electron chi connectivity index (χ4n) is 3.16. The van der Waals surface area contributed by atoms with Gasteiger partial charge in [-0.1, -0.05) is 12.7 Å². The number of hydrogen-bond acceptors (Lipinski definition) is 5. The highest BCUT2D eigenvalue weighted by Crippen LogP contribution is 2.29. The average molecular weight is 476 g/mol. The lowest BCUT2D eigenvalue weighted by Gasteiger charge is -2.29. The van der Waals surface area contributed by atoms with Crippen molar-refractivity contribution in [2.75, 3.05) is 20.3 Å². The molecular weight excluding hydrogens is 447 g/mol. The van der Waals surface area contributed by atoms with Crippen molar-refractivity contribution in [1.82, 2.24) is 9.88 Å². The number of nitrogens with zero attached hydrogens (tertiary/aromatic N) is 3. The van der Waals surface area contributed by atoms with E-state index in [4.69, 9.17) is 9.47 Å². The van der Waals surface area contributed by atoms with Gasteiger partial charge in [0.05, 0.1) is 18.7 Å². The number of aliphatic imine (C=N–C) groups is 1. The molecule has 1 unspecified atom stereocenters. The molecule has 1 aromatic carbocycles. The van der Waals surface area contributed by atoms with Crippen LogP contribution in [0.2, 0.25) is 0 Å². The lowest BCUT2D eigenvalue weighted by molar-refractivity contribution is -0.137. The lowest BCUT2D eigenvalue weighted by atomic mass is 10.0. The molecule has 0 saturated carbocycles. The highest BCUT2D eigenvalue weighted by Gasteiger charge is 2.31. The molecule has 0 aliphatic heterocycles. The number of ether oxygens (including phenoxy) is 2. The van der Waals surface area contributed by atoms with E-state index in [9.17, 15) is 18.0 Å². The standard InChI is InChI=1S/C25H28F3N3O3/c1-6-8-13-29-18(4)22-14-20(33-5)10-11-21(22)24(32)31(7-2)17(3)16-34-23-12-9-19(15-30-23)25(26,27)28/h6,8-15,17H,1,7,16H2,2-5H3/b13-8-,29-18?. The Morgan fingerprint density at radius 3 is 2.56 bits per heavy atom. The Labute approximate surface area is 197 Å². The van der Waals surface area contributed by atoms with Gasteiger partial charge in [0.2, 0.25) is 5.88 Å². The molecular formula is C25H28F3N3O3. The molecule has 0 fully saturated rings. The maximum atomic E-state index is 13.4. The molecule has 2 aromatic rings. The molecule has 1 atom stereocenters. The van der Waals surface area contributed by atoms with Gasteiger partial charge in [-0.15, -0.1) is 0 Å². The Morgan fingerprint density at radius 1 is 1.26 bits per heavy atom. The predicted molar refractivity (Wildman–Crippen MR) is 125 cm³/mol. The molecule has 34 heavy (non-hydrogen) atoms. The Bertz CT molecular complexity index is 1050. The zero-order valence-electron chi connectivity index (χ0n) is 19.6. The van der Waals surface area contributed by atoms with Crippen LogP contribution in [0.25, 0.3) is 0 Å². The van der Waals surface area contributed by atoms with Crippen LogP contribution in [-0.2, 0) is 6.18 Å². The van der Waals surface area contributed by atoms with Gasteiger partial charge in [0.1, 0.15) is 12.4 Å². The van der Waals surface area contributed by atoms with Gasteiger partial charge in [-0.05, 0) is 51.1 Å². The maximum Gasteiger partial charge on any atom is 0.417 e. The first-order valence-corrected chi connectivity index (χ1v) is 10.6. The molecule has 0 saturated heterocycles. The van der Waals surface area contributed by atoms with Crippen LogP contribution in [0.1, 0.15) is 42.3 Å². The van der Waals surface area contributed by atoms with Crippen LogP contribution in [0.4, 0.5) is 13.2 Å². The fraction of sp³-hybridized carbons (Fsp3) is 0.320. The lowest BCUT2D eigenvalue weighted by Crippen LogP contribution is -2.42. The molecule has 0 aliphatic carbocycles. The molecule has 0 radical (unpaired) electrons. The summed E-state index contributed by atoms with van der Waals surface area (Å²) in [6.45, 7) is 9.47. The van der Waals surface area contributed by atoms with Gasteiger partial charge in [0.15, 0.2) is 0 Å². The van der Waals surface area contributed by atoms with Crippen molar-refractivity contribution >= 4 is 11.6 Å². The van der Waals surface area contributed by atoms with Crippen molar-refractivity contribution in [3.8, 4) is 11.6 Å². The van der Waals surface area contributed by atoms with Crippen LogP contribution in [0.3, 0.4) is 0 Å². The zero-order chi connectivity index (χ0) is 25.3. The number of rotatable bonds is 10. The van der Waals surface area contributed by atoms with E-state index in [1.54, 1.807) is 55.3 Å². The van der Waals surface area contributed by atoms with Crippen molar-refractivity contribution in [2.45, 2.75) is 33.0 Å². The number of benzene rings is 1. The van der Waals surface area contributed by atoms with Gasteiger partial charge in [0.25, 0.3) is 5.91 Å². The minimum atomic E-state index is -4.47. The van der Waals surface area contributed by atoms with E-state index in [0.717, 1.165) is 18.3 Å². The second-order valence-electron chi connectivity index (χ2n) is 7.34. The van der Waals surface area contributed by atoms with Crippen molar-refractivity contribution in [3.63, 3.8) is 0 Å². The topological polar surface area (TPSA) is 64.0 Å². The van der Waals surface area contributed by atoms with Crippen LogP contribution in [0, 0.1) is 0 Å². The molecule has 2 rings (SSSR count). The summed E-state index contributed by atoms with van der Waals surface area (Å²) in [6, 6.07) is 6.81. The monoisotopic (exact) mass is 475 g/mol. The molecule has 182 valence electrons. The van der Waals surface area contributed by atoms with E-state index in [0.29, 0.717) is 29.1 Å². The molecule has 0 aliphatic rings. The third kappa shape index (κ3) is 6.94. The number of carbonyl (C=O) groups excluding carboxylic acids is 1. The number of alkyl halides is 3. The molecule has 6 nitrogen and oxygen atoms in total. The van der Waals surface area contributed by atoms with Gasteiger partial charge in [-0.3, -0.25) is 9.79 Å². The third-order valence-electron chi connectivity index (χ3n) is 5.01. The minimum absolute atomic E-state index is 0.0467. The van der Waals surface area contributed by atoms with Crippen molar-refractivity contribution in [2.24, 2.45) is 4.99 Å². The van der Waals surface area contributed by atoms with Crippen molar-refractivity contribution in [1.29, 1.82) is 0 Å². The maximum absolute atomic E-state index is 13.4. The first kappa shape index (κ1) is 26.6. The molecule has 1 aromatic heterocycles. The van der Waals surface area contributed by atoms with E-state index >= 15 is 0 Å². The number of aromatic nitrogens is 1. The SMILES string of the molecule is C=C/C=C\N=C(C)c1cc(OC)ccc1C(=O)N(CC)C(C)COc1ccc(C(F)(F)F)cn1. The summed E-state index contributed by atoms with van der Waals surface area (Å²) in [5.41, 5.74) is 0.823. The number of likely N-dealkylation sites (N-methyl/N-ethyl adjacent to an activating group) is 1. The highest BCUT2D eigenvalue weighted by atomic mass is 19.4. The molecule has 1 amide bonds. The van der Waals surface area contributed by atoms with Crippen LogP contribution >= 0.6 is 0 Å². The molecule has 1 heterocycles. The van der Waals surface area contributed by atoms with E-state index < -0.39 is 11.7 Å². The zero-order valence-corrected chi connectivity index (χ0v) is 19.6. The largest absolute Gasteiger partial charge is 0.497 e. The average Bonchev–Trinajstić information content (AvgIpc) is 2.82. The normalized spacial score (nSPS) is 13.0. The molecule has 0 N–H and O–H groups in total. The van der Waals surface area contributed by atoms with Gasteiger partial charge in [-0.25, -0.2) is 4.98 Å². The van der Waals surface area contributed by atoms with Gasteiger partial charge < -0.3 is 14.4 Å². The van der Waals surface area contributed by atoms with Crippen LogP contribution in [0.5, 0.6) is 11.6 Å². The Morgan fingerprint density at radius 2 is 2.00 bits per heavy atom.